The van der Waals surface area contributed by atoms with Crippen molar-refractivity contribution in [2.24, 2.45) is 0 Å². The van der Waals surface area contributed by atoms with E-state index in [1.54, 1.807) is 6.20 Å². The highest BCUT2D eigenvalue weighted by Crippen LogP contribution is 2.23. The summed E-state index contributed by atoms with van der Waals surface area (Å²) in [6.45, 7) is 0.497. The third kappa shape index (κ3) is 8.15. The number of rotatable bonds is 8. The van der Waals surface area contributed by atoms with Gasteiger partial charge in [0, 0.05) is 24.2 Å². The number of nitrogen functional groups attached to an aromatic ring is 1. The lowest BCUT2D eigenvalue weighted by molar-refractivity contribution is -0.192. The summed E-state index contributed by atoms with van der Waals surface area (Å²) in [6, 6.07) is 15.8. The smallest absolute Gasteiger partial charge is 0.490 e. The summed E-state index contributed by atoms with van der Waals surface area (Å²) in [5, 5.41) is 10.1. The van der Waals surface area contributed by atoms with E-state index in [1.807, 2.05) is 48.5 Å². The van der Waals surface area contributed by atoms with Crippen LogP contribution in [0.25, 0.3) is 22.3 Å². The first-order valence-electron chi connectivity index (χ1n) is 12.0. The molecule has 1 saturated carbocycles. The molecule has 2 aromatic heterocycles. The second kappa shape index (κ2) is 11.8. The minimum Gasteiger partial charge on any atom is -0.493 e. The van der Waals surface area contributed by atoms with Crippen LogP contribution in [0, 0.1) is 0 Å². The Kier molecular flexibility index (Phi) is 8.27. The predicted molar refractivity (Wildman–Crippen MR) is 136 cm³/mol. The molecule has 5 rings (SSSR count). The highest BCUT2D eigenvalue weighted by atomic mass is 19.4. The van der Waals surface area contributed by atoms with Crippen LogP contribution in [0.4, 0.5) is 19.1 Å². The number of carboxylic acids is 1. The van der Waals surface area contributed by atoms with Crippen LogP contribution < -0.4 is 15.8 Å². The van der Waals surface area contributed by atoms with Gasteiger partial charge in [-0.2, -0.15) is 13.2 Å². The number of hydrogen-bond donors (Lipinski definition) is 4. The van der Waals surface area contributed by atoms with Crippen LogP contribution >= 0.6 is 0 Å². The number of hydrogen-bond acceptors (Lipinski definition) is 7. The number of alkyl halides is 3. The third-order valence-electron chi connectivity index (χ3n) is 5.58. The molecule has 1 aliphatic rings. The van der Waals surface area contributed by atoms with Crippen molar-refractivity contribution in [1.29, 1.82) is 0 Å². The maximum atomic E-state index is 11.9. The monoisotopic (exact) mass is 542 g/mol. The van der Waals surface area contributed by atoms with E-state index < -0.39 is 12.1 Å². The number of anilines is 1. The molecule has 4 aromatic rings. The number of carboxylic acid groups (broad SMARTS) is 1. The van der Waals surface area contributed by atoms with Crippen molar-refractivity contribution >= 4 is 28.9 Å². The zero-order valence-electron chi connectivity index (χ0n) is 20.5. The van der Waals surface area contributed by atoms with E-state index in [-0.39, 0.29) is 11.9 Å². The SMILES string of the molecule is Nc1nccc(-c2ccc3nc(CCOc4ccc(CC(=O)NC5CC5)cc4)[nH]c3c2)n1.O=C(O)C(F)(F)F. The fourth-order valence-electron chi connectivity index (χ4n) is 3.54. The molecule has 13 heteroatoms. The molecule has 1 amide bonds. The average Bonchev–Trinajstić information content (AvgIpc) is 3.60. The fourth-order valence-corrected chi connectivity index (χ4v) is 3.54. The van der Waals surface area contributed by atoms with Gasteiger partial charge >= 0.3 is 12.1 Å². The molecule has 0 bridgehead atoms. The zero-order valence-corrected chi connectivity index (χ0v) is 20.5. The predicted octanol–water partition coefficient (Wildman–Crippen LogP) is 3.68. The summed E-state index contributed by atoms with van der Waals surface area (Å²) in [6.07, 6.45) is -0.188. The summed E-state index contributed by atoms with van der Waals surface area (Å²) in [5.41, 5.74) is 10.2. The number of nitrogens with zero attached hydrogens (tertiary/aromatic N) is 3. The lowest BCUT2D eigenvalue weighted by Gasteiger charge is -2.07. The molecule has 1 aliphatic carbocycles. The number of ether oxygens (including phenoxy) is 1. The Balaban J connectivity index is 0.000000448. The number of nitrogens with one attached hydrogen (secondary N) is 2. The highest BCUT2D eigenvalue weighted by molar-refractivity contribution is 5.81. The van der Waals surface area contributed by atoms with Crippen LogP contribution in [0.5, 0.6) is 5.75 Å². The number of amides is 1. The van der Waals surface area contributed by atoms with Gasteiger partial charge in [0.05, 0.1) is 29.8 Å². The zero-order chi connectivity index (χ0) is 28.0. The van der Waals surface area contributed by atoms with Crippen molar-refractivity contribution < 1.29 is 32.6 Å². The first kappa shape index (κ1) is 27.4. The number of carbonyl (C=O) groups excluding carboxylic acids is 1. The maximum absolute atomic E-state index is 11.9. The Morgan fingerprint density at radius 3 is 2.46 bits per heavy atom. The summed E-state index contributed by atoms with van der Waals surface area (Å²) >= 11 is 0. The molecule has 0 radical (unpaired) electrons. The molecule has 5 N–H and O–H groups in total. The molecule has 0 spiro atoms. The summed E-state index contributed by atoms with van der Waals surface area (Å²) in [5.74, 6) is -0.798. The molecule has 1 fully saturated rings. The second-order valence-corrected chi connectivity index (χ2v) is 8.78. The number of aliphatic carboxylic acids is 1. The molecule has 2 heterocycles. The Hall–Kier alpha value is -4.68. The number of aromatic nitrogens is 4. The van der Waals surface area contributed by atoms with Crippen LogP contribution in [0.2, 0.25) is 0 Å². The van der Waals surface area contributed by atoms with Crippen molar-refractivity contribution in [2.75, 3.05) is 12.3 Å². The maximum Gasteiger partial charge on any atom is 0.490 e. The van der Waals surface area contributed by atoms with Gasteiger partial charge in [0.15, 0.2) is 0 Å². The lowest BCUT2D eigenvalue weighted by Crippen LogP contribution is -2.26. The van der Waals surface area contributed by atoms with E-state index in [0.717, 1.165) is 52.3 Å². The summed E-state index contributed by atoms with van der Waals surface area (Å²) in [4.78, 5) is 37.0. The largest absolute Gasteiger partial charge is 0.493 e. The number of halogens is 3. The normalized spacial score (nSPS) is 12.9. The molecule has 0 aliphatic heterocycles. The van der Waals surface area contributed by atoms with Crippen LogP contribution in [0.3, 0.4) is 0 Å². The van der Waals surface area contributed by atoms with Crippen LogP contribution in [-0.4, -0.2) is 55.7 Å². The second-order valence-electron chi connectivity index (χ2n) is 8.78. The van der Waals surface area contributed by atoms with Crippen molar-refractivity contribution in [1.82, 2.24) is 25.3 Å². The first-order valence-corrected chi connectivity index (χ1v) is 12.0. The van der Waals surface area contributed by atoms with Crippen molar-refractivity contribution in [2.45, 2.75) is 37.9 Å². The topological polar surface area (TPSA) is 156 Å². The Morgan fingerprint density at radius 2 is 1.82 bits per heavy atom. The van der Waals surface area contributed by atoms with Crippen LogP contribution in [0.1, 0.15) is 24.2 Å². The van der Waals surface area contributed by atoms with Crippen LogP contribution in [-0.2, 0) is 22.4 Å². The van der Waals surface area contributed by atoms with Gasteiger partial charge in [-0.3, -0.25) is 4.79 Å². The van der Waals surface area contributed by atoms with E-state index in [2.05, 4.69) is 25.3 Å². The Morgan fingerprint density at radius 1 is 1.10 bits per heavy atom. The number of imidazole rings is 1. The van der Waals surface area contributed by atoms with Crippen LogP contribution in [0.15, 0.2) is 54.7 Å². The van der Waals surface area contributed by atoms with Gasteiger partial charge in [0.2, 0.25) is 11.9 Å². The van der Waals surface area contributed by atoms with Gasteiger partial charge in [0.25, 0.3) is 0 Å². The van der Waals surface area contributed by atoms with Gasteiger partial charge in [-0.15, -0.1) is 0 Å². The van der Waals surface area contributed by atoms with Gasteiger partial charge in [-0.1, -0.05) is 18.2 Å². The Bertz CT molecular complexity index is 1450. The Labute approximate surface area is 220 Å². The minimum absolute atomic E-state index is 0.0809. The first-order chi connectivity index (χ1) is 18.6. The average molecular weight is 543 g/mol. The molecular formula is C26H25F3N6O4. The van der Waals surface area contributed by atoms with Crippen molar-refractivity contribution in [3.8, 4) is 17.0 Å². The van der Waals surface area contributed by atoms with E-state index in [0.29, 0.717) is 25.5 Å². The highest BCUT2D eigenvalue weighted by Gasteiger charge is 2.38. The molecule has 0 atom stereocenters. The van der Waals surface area contributed by atoms with E-state index in [4.69, 9.17) is 20.4 Å². The third-order valence-corrected chi connectivity index (χ3v) is 5.58. The number of fused-ring (bicyclic) bond motifs is 1. The molecule has 2 aromatic carbocycles. The summed E-state index contributed by atoms with van der Waals surface area (Å²) in [7, 11) is 0. The summed E-state index contributed by atoms with van der Waals surface area (Å²) < 4.78 is 37.6. The minimum atomic E-state index is -5.08. The van der Waals surface area contributed by atoms with E-state index in [9.17, 15) is 18.0 Å². The quantitative estimate of drug-likeness (QED) is 0.263. The number of nitrogens with two attached hydrogens (primary N) is 1. The molecule has 10 nitrogen and oxygen atoms in total. The lowest BCUT2D eigenvalue weighted by atomic mass is 10.1. The van der Waals surface area contributed by atoms with E-state index >= 15 is 0 Å². The molecule has 0 saturated heterocycles. The standard InChI is InChI=1S/C24H24N6O2.C2HF3O2/c25-24-26-11-9-19(30-24)16-3-8-20-21(14-16)29-22(28-20)10-12-32-18-6-1-15(2-7-18)13-23(31)27-17-4-5-17;3-2(4,5)1(6)7/h1-3,6-9,11,14,17H,4-5,10,12-13H2,(H,27,31)(H,28,29)(H2,25,26,30);(H,6,7). The molecule has 204 valence electrons. The van der Waals surface area contributed by atoms with Gasteiger partial charge < -0.3 is 25.9 Å². The van der Waals surface area contributed by atoms with Gasteiger partial charge in [0.1, 0.15) is 11.6 Å². The molecular weight excluding hydrogens is 517 g/mol. The van der Waals surface area contributed by atoms with E-state index in [1.165, 1.54) is 0 Å². The molecule has 0 unspecified atom stereocenters. The van der Waals surface area contributed by atoms with Crippen molar-refractivity contribution in [3.63, 3.8) is 0 Å². The number of H-pyrrole nitrogens is 1. The van der Waals surface area contributed by atoms with Crippen molar-refractivity contribution in [3.05, 3.63) is 66.1 Å². The number of aromatic amines is 1. The fraction of sp³-hybridized carbons (Fsp3) is 0.269. The number of benzene rings is 2. The number of carbonyl (C=O) groups is 2. The van der Waals surface area contributed by atoms with Gasteiger partial charge in [-0.25, -0.2) is 19.7 Å². The molecule has 39 heavy (non-hydrogen) atoms. The van der Waals surface area contributed by atoms with Gasteiger partial charge in [-0.05, 0) is 48.7 Å².